The Kier molecular flexibility index (Phi) is 7.57. The molecule has 0 amide bonds. The Labute approximate surface area is 167 Å². The summed E-state index contributed by atoms with van der Waals surface area (Å²) < 4.78 is 45.5. The van der Waals surface area contributed by atoms with Crippen LogP contribution in [-0.4, -0.2) is 77.0 Å². The molecule has 0 aromatic heterocycles. The molecule has 28 heavy (non-hydrogen) atoms. The minimum Gasteiger partial charge on any atom is -0.379 e. The Morgan fingerprint density at radius 1 is 0.643 bits per heavy atom. The maximum absolute atomic E-state index is 5.84. The highest BCUT2D eigenvalue weighted by Gasteiger charge is 2.46. The van der Waals surface area contributed by atoms with Crippen molar-refractivity contribution in [2.45, 2.75) is 75.5 Å². The van der Waals surface area contributed by atoms with E-state index in [0.29, 0.717) is 39.6 Å². The third-order valence-corrected chi connectivity index (χ3v) is 5.50. The van der Waals surface area contributed by atoms with Crippen molar-refractivity contribution in [3.05, 3.63) is 0 Å². The maximum atomic E-state index is 5.84. The van der Waals surface area contributed by atoms with Crippen LogP contribution in [0.2, 0.25) is 0 Å². The zero-order valence-corrected chi connectivity index (χ0v) is 16.7. The first-order chi connectivity index (χ1) is 13.8. The monoisotopic (exact) mass is 402 g/mol. The average molecular weight is 402 g/mol. The van der Waals surface area contributed by atoms with Crippen molar-refractivity contribution in [3.8, 4) is 0 Å². The van der Waals surface area contributed by atoms with E-state index in [1.807, 2.05) is 0 Å². The van der Waals surface area contributed by atoms with Gasteiger partial charge in [0.05, 0.1) is 39.6 Å². The van der Waals surface area contributed by atoms with Crippen molar-refractivity contribution in [3.63, 3.8) is 0 Å². The number of hydrogen-bond acceptors (Lipinski definition) is 8. The van der Waals surface area contributed by atoms with Gasteiger partial charge >= 0.3 is 0 Å². The summed E-state index contributed by atoms with van der Waals surface area (Å²) in [5.74, 6) is -1.54. The fourth-order valence-electron chi connectivity index (χ4n) is 4.03. The molecule has 4 atom stereocenters. The van der Waals surface area contributed by atoms with Gasteiger partial charge in [-0.25, -0.2) is 0 Å². The van der Waals surface area contributed by atoms with Crippen molar-refractivity contribution < 1.29 is 37.9 Å². The van der Waals surface area contributed by atoms with Crippen LogP contribution in [0.1, 0.15) is 51.4 Å². The summed E-state index contributed by atoms with van der Waals surface area (Å²) in [6.07, 6.45) is 7.98. The van der Waals surface area contributed by atoms with Crippen LogP contribution < -0.4 is 0 Å². The van der Waals surface area contributed by atoms with Crippen molar-refractivity contribution in [2.24, 2.45) is 0 Å². The topological polar surface area (TPSA) is 73.8 Å². The van der Waals surface area contributed by atoms with Crippen LogP contribution in [-0.2, 0) is 37.9 Å². The molecule has 8 heteroatoms. The second-order valence-electron chi connectivity index (χ2n) is 7.94. The van der Waals surface area contributed by atoms with Crippen LogP contribution in [0.15, 0.2) is 0 Å². The average Bonchev–Trinajstić information content (AvgIpc) is 3.49. The molecule has 4 heterocycles. The van der Waals surface area contributed by atoms with Crippen molar-refractivity contribution in [1.29, 1.82) is 0 Å². The van der Waals surface area contributed by atoms with Crippen LogP contribution in [0.4, 0.5) is 0 Å². The molecular weight excluding hydrogens is 368 g/mol. The third-order valence-electron chi connectivity index (χ3n) is 5.50. The van der Waals surface area contributed by atoms with Gasteiger partial charge < -0.3 is 37.9 Å². The zero-order valence-electron chi connectivity index (χ0n) is 16.7. The number of ether oxygens (including phenoxy) is 8. The predicted octanol–water partition coefficient (Wildman–Crippen LogP) is 2.34. The summed E-state index contributed by atoms with van der Waals surface area (Å²) in [7, 11) is 0. The molecule has 162 valence electrons. The lowest BCUT2D eigenvalue weighted by molar-refractivity contribution is -0.315. The molecule has 8 nitrogen and oxygen atoms in total. The number of rotatable bonds is 11. The third kappa shape index (κ3) is 5.64. The molecular formula is C20H34O8. The van der Waals surface area contributed by atoms with E-state index in [0.717, 1.165) is 64.6 Å². The maximum Gasteiger partial charge on any atom is 0.283 e. The second-order valence-corrected chi connectivity index (χ2v) is 7.94. The largest absolute Gasteiger partial charge is 0.379 e. The van der Waals surface area contributed by atoms with Gasteiger partial charge in [-0.3, -0.25) is 0 Å². The van der Waals surface area contributed by atoms with Crippen LogP contribution in [0.25, 0.3) is 0 Å². The lowest BCUT2D eigenvalue weighted by atomic mass is 10.2. The normalized spacial score (nSPS) is 37.7. The quantitative estimate of drug-likeness (QED) is 0.488. The smallest absolute Gasteiger partial charge is 0.283 e. The van der Waals surface area contributed by atoms with Crippen LogP contribution in [0.5, 0.6) is 0 Å². The van der Waals surface area contributed by atoms with Gasteiger partial charge in [0.1, 0.15) is 12.2 Å². The Hall–Kier alpha value is -0.320. The molecule has 0 radical (unpaired) electrons. The molecule has 0 bridgehead atoms. The molecule has 0 saturated carbocycles. The first kappa shape index (κ1) is 20.9. The Morgan fingerprint density at radius 2 is 1.14 bits per heavy atom. The van der Waals surface area contributed by atoms with Gasteiger partial charge in [-0.15, -0.1) is 0 Å². The van der Waals surface area contributed by atoms with Crippen molar-refractivity contribution >= 4 is 0 Å². The fourth-order valence-corrected chi connectivity index (χ4v) is 4.03. The van der Waals surface area contributed by atoms with Gasteiger partial charge in [0.15, 0.2) is 0 Å². The minimum absolute atomic E-state index is 0.0120. The lowest BCUT2D eigenvalue weighted by Gasteiger charge is -2.20. The summed E-state index contributed by atoms with van der Waals surface area (Å²) in [5.41, 5.74) is 0. The summed E-state index contributed by atoms with van der Waals surface area (Å²) >= 11 is 0. The van der Waals surface area contributed by atoms with Gasteiger partial charge in [-0.05, 0) is 25.7 Å². The van der Waals surface area contributed by atoms with E-state index in [2.05, 4.69) is 0 Å². The molecule has 4 rings (SSSR count). The Balaban J connectivity index is 0.931. The molecule has 2 spiro atoms. The summed E-state index contributed by atoms with van der Waals surface area (Å²) in [6.45, 7) is 5.20. The molecule has 0 aromatic carbocycles. The van der Waals surface area contributed by atoms with Gasteiger partial charge in [-0.2, -0.15) is 0 Å². The van der Waals surface area contributed by atoms with Gasteiger partial charge in [0, 0.05) is 26.1 Å². The fraction of sp³-hybridized carbons (Fsp3) is 1.00. The van der Waals surface area contributed by atoms with E-state index in [1.165, 1.54) is 0 Å². The highest BCUT2D eigenvalue weighted by atomic mass is 16.9. The molecule has 4 aliphatic rings. The lowest BCUT2D eigenvalue weighted by Crippen LogP contribution is -2.30. The van der Waals surface area contributed by atoms with Gasteiger partial charge in [-0.1, -0.05) is 12.8 Å². The van der Waals surface area contributed by atoms with E-state index in [4.69, 9.17) is 37.9 Å². The summed E-state index contributed by atoms with van der Waals surface area (Å²) in [5, 5.41) is 0. The number of unbranched alkanes of at least 4 members (excludes halogenated alkanes) is 3. The van der Waals surface area contributed by atoms with Crippen molar-refractivity contribution in [2.75, 3.05) is 52.9 Å². The van der Waals surface area contributed by atoms with E-state index >= 15 is 0 Å². The zero-order chi connectivity index (χ0) is 19.1. The van der Waals surface area contributed by atoms with Crippen molar-refractivity contribution in [1.82, 2.24) is 0 Å². The Morgan fingerprint density at radius 3 is 1.57 bits per heavy atom. The molecule has 4 unspecified atom stereocenters. The van der Waals surface area contributed by atoms with Crippen LogP contribution >= 0.6 is 0 Å². The van der Waals surface area contributed by atoms with E-state index in [9.17, 15) is 0 Å². The van der Waals surface area contributed by atoms with E-state index < -0.39 is 11.9 Å². The first-order valence-electron chi connectivity index (χ1n) is 10.8. The molecule has 0 aliphatic carbocycles. The summed E-state index contributed by atoms with van der Waals surface area (Å²) in [4.78, 5) is 0. The molecule has 4 fully saturated rings. The van der Waals surface area contributed by atoms with Gasteiger partial charge in [0.2, 0.25) is 0 Å². The van der Waals surface area contributed by atoms with Crippen LogP contribution in [0, 0.1) is 0 Å². The SMILES string of the molecule is C(CCCOCC1COC2(CCCO2)O1)CCOCC1COC2(CCCO2)O1. The molecule has 0 aromatic rings. The van der Waals surface area contributed by atoms with Crippen LogP contribution in [0.3, 0.4) is 0 Å². The predicted molar refractivity (Wildman–Crippen MR) is 97.6 cm³/mol. The molecule has 4 aliphatic heterocycles. The number of hydrogen-bond donors (Lipinski definition) is 0. The molecule has 0 N–H and O–H groups in total. The second kappa shape index (κ2) is 10.1. The van der Waals surface area contributed by atoms with E-state index in [-0.39, 0.29) is 12.2 Å². The minimum atomic E-state index is -0.769. The van der Waals surface area contributed by atoms with E-state index in [1.54, 1.807) is 0 Å². The molecule has 4 saturated heterocycles. The van der Waals surface area contributed by atoms with Gasteiger partial charge in [0.25, 0.3) is 11.9 Å². The standard InChI is InChI=1S/C20H34O8/c1(3-9-21-13-17-15-25-19(27-17)7-5-11-23-19)2-4-10-22-14-18-16-26-20(28-18)8-6-12-24-20/h17-18H,1-16H2. The highest BCUT2D eigenvalue weighted by molar-refractivity contribution is 4.76. The summed E-state index contributed by atoms with van der Waals surface area (Å²) in [6, 6.07) is 0. The highest BCUT2D eigenvalue weighted by Crippen LogP contribution is 2.35. The Bertz CT molecular complexity index is 419. The first-order valence-corrected chi connectivity index (χ1v) is 10.8.